The van der Waals surface area contributed by atoms with Crippen LogP contribution in [0.2, 0.25) is 0 Å². The number of halogens is 2. The molecule has 0 unspecified atom stereocenters. The minimum atomic E-state index is -0.784. The Labute approximate surface area is 254 Å². The van der Waals surface area contributed by atoms with Crippen molar-refractivity contribution in [3.05, 3.63) is 117 Å². The summed E-state index contributed by atoms with van der Waals surface area (Å²) in [5, 5.41) is 3.20. The molecule has 2 fully saturated rings. The molecule has 4 aromatic rings. The predicted molar refractivity (Wildman–Crippen MR) is 170 cm³/mol. The van der Waals surface area contributed by atoms with E-state index in [0.29, 0.717) is 13.0 Å². The predicted octanol–water partition coefficient (Wildman–Crippen LogP) is 8.23. The second-order valence-electron chi connectivity index (χ2n) is 10.7. The lowest BCUT2D eigenvalue weighted by Crippen LogP contribution is -2.55. The largest absolute Gasteiger partial charge is 0.324 e. The number of anilines is 2. The molecule has 7 heteroatoms. The maximum atomic E-state index is 14.0. The first-order chi connectivity index (χ1) is 19.5. The average molecular weight is 674 g/mol. The number of benzene rings is 4. The third-order valence-corrected chi connectivity index (χ3v) is 11.5. The molecule has 0 aromatic heterocycles. The van der Waals surface area contributed by atoms with E-state index in [-0.39, 0.29) is 29.6 Å². The Bertz CT molecular complexity index is 1610. The molecular weight excluding hydrogens is 648 g/mol. The van der Waals surface area contributed by atoms with Gasteiger partial charge in [-0.15, -0.1) is 11.8 Å². The van der Waals surface area contributed by atoms with Crippen LogP contribution in [0, 0.1) is 11.8 Å². The molecular formula is C33H26Br2N2O2S. The SMILES string of the molecule is O=C1C[C@@H]2CS[C@]3(C(=O)Nc4cccc(Br)c43)[C@H](c3ccc(Br)cc3)[C@H]2CN1c1ccc(-c2ccccc2)cc1. The zero-order valence-corrected chi connectivity index (χ0v) is 25.5. The minimum Gasteiger partial charge on any atom is -0.324 e. The zero-order valence-electron chi connectivity index (χ0n) is 21.5. The molecule has 1 N–H and O–H groups in total. The topological polar surface area (TPSA) is 49.4 Å². The fraction of sp³-hybridized carbons (Fsp3) is 0.212. The van der Waals surface area contributed by atoms with Crippen LogP contribution in [0.5, 0.6) is 0 Å². The maximum absolute atomic E-state index is 14.0. The van der Waals surface area contributed by atoms with Gasteiger partial charge in [0.05, 0.1) is 0 Å². The molecule has 4 nitrogen and oxygen atoms in total. The summed E-state index contributed by atoms with van der Waals surface area (Å²) in [6, 6.07) is 32.9. The molecule has 3 heterocycles. The first-order valence-corrected chi connectivity index (χ1v) is 16.0. The highest BCUT2D eigenvalue weighted by Crippen LogP contribution is 2.64. The quantitative estimate of drug-likeness (QED) is 0.238. The number of nitrogens with zero attached hydrogens (tertiary/aromatic N) is 1. The number of piperidine rings is 1. The molecule has 1 spiro atoms. The molecule has 7 rings (SSSR count). The van der Waals surface area contributed by atoms with E-state index in [1.54, 1.807) is 11.8 Å². The standard InChI is InChI=1S/C33H26Br2N2O2S/c34-24-13-9-22(10-14-24)30-26-18-37(25-15-11-21(12-16-25)20-5-2-1-3-6-20)29(38)17-23(26)19-40-33(30)31-27(35)7-4-8-28(31)36-32(33)39/h1-16,23,26,30H,17-19H2,(H,36,39)/t23-,26+,30-,33-/m1/s1. The molecule has 0 saturated carbocycles. The summed E-state index contributed by atoms with van der Waals surface area (Å²) >= 11 is 9.09. The molecule has 0 radical (unpaired) electrons. The fourth-order valence-corrected chi connectivity index (χ4v) is 9.73. The molecule has 3 aliphatic rings. The van der Waals surface area contributed by atoms with Gasteiger partial charge in [-0.3, -0.25) is 9.59 Å². The van der Waals surface area contributed by atoms with Crippen LogP contribution < -0.4 is 10.2 Å². The summed E-state index contributed by atoms with van der Waals surface area (Å²) in [5.41, 5.74) is 6.19. The molecule has 3 aliphatic heterocycles. The Hall–Kier alpha value is -2.87. The summed E-state index contributed by atoms with van der Waals surface area (Å²) in [6.07, 6.45) is 0.478. The van der Waals surface area contributed by atoms with Gasteiger partial charge in [0.2, 0.25) is 11.8 Å². The van der Waals surface area contributed by atoms with Gasteiger partial charge in [0.15, 0.2) is 0 Å². The van der Waals surface area contributed by atoms with Crippen molar-refractivity contribution in [2.75, 3.05) is 22.5 Å². The van der Waals surface area contributed by atoms with E-state index in [4.69, 9.17) is 0 Å². The number of rotatable bonds is 3. The average Bonchev–Trinajstić information content (AvgIpc) is 3.26. The fourth-order valence-electron chi connectivity index (χ4n) is 6.77. The number of fused-ring (bicyclic) bond motifs is 3. The number of thioether (sulfide) groups is 1. The van der Waals surface area contributed by atoms with Crippen molar-refractivity contribution in [2.24, 2.45) is 11.8 Å². The van der Waals surface area contributed by atoms with Gasteiger partial charge < -0.3 is 10.2 Å². The van der Waals surface area contributed by atoms with Crippen LogP contribution in [0.3, 0.4) is 0 Å². The van der Waals surface area contributed by atoms with E-state index < -0.39 is 4.75 Å². The van der Waals surface area contributed by atoms with Gasteiger partial charge in [-0.1, -0.05) is 92.5 Å². The van der Waals surface area contributed by atoms with E-state index in [1.807, 2.05) is 41.3 Å². The van der Waals surface area contributed by atoms with Crippen LogP contribution in [0.15, 0.2) is 106 Å². The molecule has 200 valence electrons. The molecule has 0 bridgehead atoms. The molecule has 4 aromatic carbocycles. The second-order valence-corrected chi connectivity index (χ2v) is 13.8. The Balaban J connectivity index is 1.31. The first kappa shape index (κ1) is 26.1. The van der Waals surface area contributed by atoms with Crippen LogP contribution in [0.4, 0.5) is 11.4 Å². The summed E-state index contributed by atoms with van der Waals surface area (Å²) in [5.74, 6) is 1.13. The highest BCUT2D eigenvalue weighted by atomic mass is 79.9. The minimum absolute atomic E-state index is 0.0291. The molecule has 4 atom stereocenters. The Morgan fingerprint density at radius 1 is 0.825 bits per heavy atom. The lowest BCUT2D eigenvalue weighted by atomic mass is 9.66. The van der Waals surface area contributed by atoms with Gasteiger partial charge >= 0.3 is 0 Å². The van der Waals surface area contributed by atoms with Gasteiger partial charge in [-0.05, 0) is 70.7 Å². The first-order valence-electron chi connectivity index (χ1n) is 13.4. The third-order valence-electron chi connectivity index (χ3n) is 8.61. The van der Waals surface area contributed by atoms with E-state index in [1.165, 1.54) is 0 Å². The number of hydrogen-bond acceptors (Lipinski definition) is 3. The van der Waals surface area contributed by atoms with E-state index in [9.17, 15) is 9.59 Å². The van der Waals surface area contributed by atoms with E-state index >= 15 is 0 Å². The van der Waals surface area contributed by atoms with E-state index in [2.05, 4.69) is 97.8 Å². The number of carbonyl (C=O) groups excluding carboxylic acids is 2. The van der Waals surface area contributed by atoms with Crippen LogP contribution in [0.1, 0.15) is 23.5 Å². The lowest BCUT2D eigenvalue weighted by Gasteiger charge is -2.52. The van der Waals surface area contributed by atoms with Gasteiger partial charge in [0.1, 0.15) is 4.75 Å². The third kappa shape index (κ3) is 4.16. The lowest BCUT2D eigenvalue weighted by molar-refractivity contribution is -0.122. The summed E-state index contributed by atoms with van der Waals surface area (Å²) < 4.78 is 1.16. The molecule has 2 saturated heterocycles. The van der Waals surface area contributed by atoms with Crippen molar-refractivity contribution in [1.29, 1.82) is 0 Å². The normalized spacial score (nSPS) is 25.4. The molecule has 0 aliphatic carbocycles. The zero-order chi connectivity index (χ0) is 27.4. The summed E-state index contributed by atoms with van der Waals surface area (Å²) in [4.78, 5) is 29.5. The van der Waals surface area contributed by atoms with Crippen molar-refractivity contribution < 1.29 is 9.59 Å². The van der Waals surface area contributed by atoms with Crippen molar-refractivity contribution in [2.45, 2.75) is 17.1 Å². The van der Waals surface area contributed by atoms with Gasteiger partial charge in [0.25, 0.3) is 0 Å². The Morgan fingerprint density at radius 3 is 2.30 bits per heavy atom. The smallest absolute Gasteiger partial charge is 0.245 e. The summed E-state index contributed by atoms with van der Waals surface area (Å²) in [6.45, 7) is 0.574. The number of carbonyl (C=O) groups is 2. The van der Waals surface area contributed by atoms with Crippen LogP contribution in [0.25, 0.3) is 11.1 Å². The second kappa shape index (κ2) is 10.2. The van der Waals surface area contributed by atoms with Crippen molar-refractivity contribution >= 4 is 66.8 Å². The van der Waals surface area contributed by atoms with Gasteiger partial charge in [-0.25, -0.2) is 0 Å². The molecule has 40 heavy (non-hydrogen) atoms. The molecule has 2 amide bonds. The highest BCUT2D eigenvalue weighted by Gasteiger charge is 2.61. The Kier molecular flexibility index (Phi) is 6.64. The van der Waals surface area contributed by atoms with Gasteiger partial charge in [0, 0.05) is 44.8 Å². The van der Waals surface area contributed by atoms with Crippen LogP contribution in [-0.4, -0.2) is 24.1 Å². The van der Waals surface area contributed by atoms with Crippen molar-refractivity contribution in [3.8, 4) is 11.1 Å². The number of amides is 2. The van der Waals surface area contributed by atoms with E-state index in [0.717, 1.165) is 48.3 Å². The monoisotopic (exact) mass is 672 g/mol. The van der Waals surface area contributed by atoms with Crippen LogP contribution in [-0.2, 0) is 14.3 Å². The summed E-state index contributed by atoms with van der Waals surface area (Å²) in [7, 11) is 0. The van der Waals surface area contributed by atoms with Gasteiger partial charge in [-0.2, -0.15) is 0 Å². The number of hydrogen-bond donors (Lipinski definition) is 1. The highest BCUT2D eigenvalue weighted by molar-refractivity contribution is 9.10. The maximum Gasteiger partial charge on any atom is 0.245 e. The van der Waals surface area contributed by atoms with Crippen molar-refractivity contribution in [1.82, 2.24) is 0 Å². The number of nitrogens with one attached hydrogen (secondary N) is 1. The van der Waals surface area contributed by atoms with Crippen LogP contribution >= 0.6 is 43.6 Å². The van der Waals surface area contributed by atoms with Crippen molar-refractivity contribution in [3.63, 3.8) is 0 Å². The Morgan fingerprint density at radius 2 is 1.55 bits per heavy atom.